The molecule has 0 saturated heterocycles. The monoisotopic (exact) mass is 299 g/mol. The van der Waals surface area contributed by atoms with Crippen LogP contribution in [-0.2, 0) is 6.54 Å². The number of hydrogen-bond acceptors (Lipinski definition) is 2. The van der Waals surface area contributed by atoms with Crippen molar-refractivity contribution in [1.82, 2.24) is 5.32 Å². The molecule has 0 aliphatic heterocycles. The lowest BCUT2D eigenvalue weighted by Gasteiger charge is -2.21. The Bertz CT molecular complexity index is 567. The maximum Gasteiger partial charge on any atom is 0.161 e. The summed E-state index contributed by atoms with van der Waals surface area (Å²) in [6.45, 7) is 4.27. The van der Waals surface area contributed by atoms with Gasteiger partial charge in [-0.1, -0.05) is 19.9 Å². The molecule has 1 heterocycles. The van der Waals surface area contributed by atoms with Crippen molar-refractivity contribution in [3.63, 3.8) is 0 Å². The average molecular weight is 299 g/mol. The van der Waals surface area contributed by atoms with Crippen LogP contribution in [0.2, 0.25) is 0 Å². The summed E-state index contributed by atoms with van der Waals surface area (Å²) in [6, 6.07) is 5.51. The Morgan fingerprint density at radius 1 is 1.10 bits per heavy atom. The molecular formula is C15H16F3NS. The molecule has 0 amide bonds. The highest BCUT2D eigenvalue weighted by Gasteiger charge is 2.17. The van der Waals surface area contributed by atoms with Crippen LogP contribution in [0, 0.1) is 23.4 Å². The fourth-order valence-electron chi connectivity index (χ4n) is 2.05. The van der Waals surface area contributed by atoms with E-state index < -0.39 is 17.5 Å². The van der Waals surface area contributed by atoms with Gasteiger partial charge in [-0.3, -0.25) is 0 Å². The van der Waals surface area contributed by atoms with E-state index in [1.807, 2.05) is 17.5 Å². The van der Waals surface area contributed by atoms with Gasteiger partial charge in [-0.15, -0.1) is 11.3 Å². The summed E-state index contributed by atoms with van der Waals surface area (Å²) in [7, 11) is 0. The molecule has 0 aliphatic rings. The van der Waals surface area contributed by atoms with Crippen molar-refractivity contribution in [3.05, 3.63) is 57.5 Å². The van der Waals surface area contributed by atoms with E-state index in [0.717, 1.165) is 10.9 Å². The van der Waals surface area contributed by atoms with Gasteiger partial charge in [-0.2, -0.15) is 0 Å². The van der Waals surface area contributed by atoms with Crippen molar-refractivity contribution in [3.8, 4) is 0 Å². The van der Waals surface area contributed by atoms with Crippen molar-refractivity contribution >= 4 is 11.3 Å². The smallest absolute Gasteiger partial charge is 0.161 e. The fraction of sp³-hybridized carbons (Fsp3) is 0.333. The predicted molar refractivity (Wildman–Crippen MR) is 75.1 cm³/mol. The minimum absolute atomic E-state index is 0.0579. The van der Waals surface area contributed by atoms with Gasteiger partial charge >= 0.3 is 0 Å². The molecule has 1 nitrogen and oxygen atoms in total. The summed E-state index contributed by atoms with van der Waals surface area (Å²) in [6.07, 6.45) is 0. The van der Waals surface area contributed by atoms with Gasteiger partial charge in [0.1, 0.15) is 5.82 Å². The molecule has 20 heavy (non-hydrogen) atoms. The highest BCUT2D eigenvalue weighted by molar-refractivity contribution is 7.10. The molecule has 0 spiro atoms. The van der Waals surface area contributed by atoms with E-state index >= 15 is 0 Å². The lowest BCUT2D eigenvalue weighted by Crippen LogP contribution is -2.25. The minimum atomic E-state index is -1.16. The van der Waals surface area contributed by atoms with Gasteiger partial charge in [0.2, 0.25) is 0 Å². The quantitative estimate of drug-likeness (QED) is 0.792. The van der Waals surface area contributed by atoms with E-state index in [4.69, 9.17) is 0 Å². The summed E-state index contributed by atoms with van der Waals surface area (Å²) in [5, 5.41) is 5.18. The summed E-state index contributed by atoms with van der Waals surface area (Å²) < 4.78 is 39.6. The Morgan fingerprint density at radius 3 is 2.40 bits per heavy atom. The first-order valence-corrected chi connectivity index (χ1v) is 7.27. The molecule has 0 radical (unpaired) electrons. The Kier molecular flexibility index (Phi) is 4.83. The summed E-state index contributed by atoms with van der Waals surface area (Å²) in [5.74, 6) is -2.61. The summed E-state index contributed by atoms with van der Waals surface area (Å²) in [4.78, 5) is 1.14. The number of nitrogens with one attached hydrogen (secondary N) is 1. The molecule has 0 saturated carbocycles. The van der Waals surface area contributed by atoms with Crippen molar-refractivity contribution in [2.24, 2.45) is 5.92 Å². The third kappa shape index (κ3) is 3.41. The predicted octanol–water partition coefficient (Wildman–Crippen LogP) is 4.65. The van der Waals surface area contributed by atoms with E-state index in [2.05, 4.69) is 19.2 Å². The average Bonchev–Trinajstić information content (AvgIpc) is 2.89. The molecule has 1 N–H and O–H groups in total. The molecule has 1 aromatic heterocycles. The van der Waals surface area contributed by atoms with E-state index in [1.54, 1.807) is 11.3 Å². The second kappa shape index (κ2) is 6.41. The van der Waals surface area contributed by atoms with Gasteiger partial charge in [0.05, 0.1) is 0 Å². The maximum absolute atomic E-state index is 13.6. The first-order chi connectivity index (χ1) is 9.49. The molecule has 0 bridgehead atoms. The van der Waals surface area contributed by atoms with Gasteiger partial charge in [-0.05, 0) is 23.4 Å². The third-order valence-corrected chi connectivity index (χ3v) is 4.07. The molecule has 1 unspecified atom stereocenters. The molecule has 108 valence electrons. The molecule has 2 aromatic rings. The van der Waals surface area contributed by atoms with Crippen LogP contribution in [0.5, 0.6) is 0 Å². The van der Waals surface area contributed by atoms with Crippen molar-refractivity contribution in [2.75, 3.05) is 0 Å². The second-order valence-corrected chi connectivity index (χ2v) is 5.96. The number of thiophene rings is 1. The molecule has 0 aliphatic carbocycles. The van der Waals surface area contributed by atoms with Crippen molar-refractivity contribution < 1.29 is 13.2 Å². The van der Waals surface area contributed by atoms with Crippen LogP contribution >= 0.6 is 11.3 Å². The van der Waals surface area contributed by atoms with Crippen LogP contribution in [0.4, 0.5) is 13.2 Å². The van der Waals surface area contributed by atoms with Gasteiger partial charge < -0.3 is 5.32 Å². The zero-order valence-electron chi connectivity index (χ0n) is 11.3. The highest BCUT2D eigenvalue weighted by atomic mass is 32.1. The fourth-order valence-corrected chi connectivity index (χ4v) is 3.03. The number of hydrogen-bond donors (Lipinski definition) is 1. The van der Waals surface area contributed by atoms with E-state index in [0.29, 0.717) is 12.0 Å². The van der Waals surface area contributed by atoms with Crippen LogP contribution < -0.4 is 5.32 Å². The van der Waals surface area contributed by atoms with Gasteiger partial charge in [0.25, 0.3) is 0 Å². The molecule has 2 rings (SSSR count). The lowest BCUT2D eigenvalue weighted by atomic mass is 10.0. The van der Waals surface area contributed by atoms with E-state index in [1.165, 1.54) is 0 Å². The van der Waals surface area contributed by atoms with Gasteiger partial charge in [0.15, 0.2) is 11.6 Å². The molecular weight excluding hydrogens is 283 g/mol. The second-order valence-electron chi connectivity index (χ2n) is 4.98. The normalized spacial score (nSPS) is 12.9. The number of halogens is 3. The van der Waals surface area contributed by atoms with Crippen molar-refractivity contribution in [1.29, 1.82) is 0 Å². The Balaban J connectivity index is 2.12. The zero-order chi connectivity index (χ0) is 14.7. The standard InChI is InChI=1S/C15H16F3NS/c1-9(2)15(14-4-3-5-20-14)19-8-10-6-12(17)13(18)7-11(10)16/h3-7,9,15,19H,8H2,1-2H3. The van der Waals surface area contributed by atoms with E-state index in [-0.39, 0.29) is 18.2 Å². The minimum Gasteiger partial charge on any atom is -0.305 e. The number of benzene rings is 1. The maximum atomic E-state index is 13.6. The van der Waals surface area contributed by atoms with Crippen LogP contribution in [0.15, 0.2) is 29.6 Å². The molecule has 0 fully saturated rings. The van der Waals surface area contributed by atoms with Crippen molar-refractivity contribution in [2.45, 2.75) is 26.4 Å². The highest BCUT2D eigenvalue weighted by Crippen LogP contribution is 2.26. The largest absolute Gasteiger partial charge is 0.305 e. The van der Waals surface area contributed by atoms with Crippen LogP contribution in [-0.4, -0.2) is 0 Å². The summed E-state index contributed by atoms with van der Waals surface area (Å²) >= 11 is 1.61. The Labute approximate surface area is 120 Å². The third-order valence-electron chi connectivity index (χ3n) is 3.12. The van der Waals surface area contributed by atoms with Gasteiger partial charge in [-0.25, -0.2) is 13.2 Å². The molecule has 1 atom stereocenters. The van der Waals surface area contributed by atoms with Crippen LogP contribution in [0.3, 0.4) is 0 Å². The molecule has 1 aromatic carbocycles. The topological polar surface area (TPSA) is 12.0 Å². The Morgan fingerprint density at radius 2 is 1.80 bits per heavy atom. The SMILES string of the molecule is CC(C)C(NCc1cc(F)c(F)cc1F)c1cccs1. The Hall–Kier alpha value is -1.33. The van der Waals surface area contributed by atoms with Crippen LogP contribution in [0.1, 0.15) is 30.3 Å². The van der Waals surface area contributed by atoms with E-state index in [9.17, 15) is 13.2 Å². The van der Waals surface area contributed by atoms with Gasteiger partial charge in [0, 0.05) is 29.1 Å². The number of rotatable bonds is 5. The summed E-state index contributed by atoms with van der Waals surface area (Å²) in [5.41, 5.74) is 0.131. The zero-order valence-corrected chi connectivity index (χ0v) is 12.1. The first kappa shape index (κ1) is 15.1. The lowest BCUT2D eigenvalue weighted by molar-refractivity contribution is 0.409. The first-order valence-electron chi connectivity index (χ1n) is 6.39. The molecule has 5 heteroatoms. The van der Waals surface area contributed by atoms with Crippen LogP contribution in [0.25, 0.3) is 0 Å².